The summed E-state index contributed by atoms with van der Waals surface area (Å²) in [6.07, 6.45) is 0. The largest absolute Gasteiger partial charge is 0.308 e. The summed E-state index contributed by atoms with van der Waals surface area (Å²) in [5, 5.41) is 0. The van der Waals surface area contributed by atoms with Gasteiger partial charge in [-0.05, 0) is 13.0 Å². The van der Waals surface area contributed by atoms with Crippen molar-refractivity contribution in [3.05, 3.63) is 41.6 Å². The number of hydrazine groups is 1. The molecule has 2 rings (SSSR count). The average Bonchev–Trinajstić information content (AvgIpc) is 2.37. The number of nitrogens with two attached hydrogens (primary N) is 1. The van der Waals surface area contributed by atoms with Crippen LogP contribution in [0.4, 0.5) is 5.82 Å². The first-order valence-corrected chi connectivity index (χ1v) is 6.33. The van der Waals surface area contributed by atoms with Gasteiger partial charge in [0.1, 0.15) is 5.82 Å². The fourth-order valence-corrected chi connectivity index (χ4v) is 1.82. The van der Waals surface area contributed by atoms with Gasteiger partial charge in [-0.25, -0.2) is 15.8 Å². The van der Waals surface area contributed by atoms with Crippen molar-refractivity contribution in [1.29, 1.82) is 0 Å². The highest BCUT2D eigenvalue weighted by molar-refractivity contribution is 5.58. The summed E-state index contributed by atoms with van der Waals surface area (Å²) in [6.45, 7) is 8.42. The van der Waals surface area contributed by atoms with Gasteiger partial charge in [-0.3, -0.25) is 0 Å². The highest BCUT2D eigenvalue weighted by atomic mass is 15.3. The van der Waals surface area contributed by atoms with E-state index in [1.807, 2.05) is 18.2 Å². The van der Waals surface area contributed by atoms with Crippen molar-refractivity contribution in [3.63, 3.8) is 0 Å². The number of nitrogens with one attached hydrogen (secondary N) is 1. The molecule has 4 nitrogen and oxygen atoms in total. The minimum absolute atomic E-state index is 0.0485. The standard InChI is InChI=1S/C15H20N4/c1-10-6-5-7-11(8-10)14-17-12(15(2,3)4)9-13(18-14)19-16/h5-9H,16H2,1-4H3,(H,17,18,19). The van der Waals surface area contributed by atoms with Crippen LogP contribution in [0.3, 0.4) is 0 Å². The Hall–Kier alpha value is -1.94. The molecule has 0 aliphatic heterocycles. The summed E-state index contributed by atoms with van der Waals surface area (Å²) >= 11 is 0. The molecule has 0 atom stereocenters. The summed E-state index contributed by atoms with van der Waals surface area (Å²) in [6, 6.07) is 10.0. The number of rotatable bonds is 2. The lowest BCUT2D eigenvalue weighted by Gasteiger charge is -2.19. The van der Waals surface area contributed by atoms with Gasteiger partial charge in [0.2, 0.25) is 0 Å². The zero-order valence-corrected chi connectivity index (χ0v) is 11.9. The lowest BCUT2D eigenvalue weighted by atomic mass is 9.92. The van der Waals surface area contributed by atoms with Crippen LogP contribution >= 0.6 is 0 Å². The summed E-state index contributed by atoms with van der Waals surface area (Å²) in [7, 11) is 0. The molecule has 1 aromatic carbocycles. The van der Waals surface area contributed by atoms with Gasteiger partial charge in [0.25, 0.3) is 0 Å². The molecule has 0 amide bonds. The van der Waals surface area contributed by atoms with Gasteiger partial charge in [0.05, 0.1) is 5.69 Å². The smallest absolute Gasteiger partial charge is 0.161 e. The van der Waals surface area contributed by atoms with Crippen molar-refractivity contribution in [2.45, 2.75) is 33.1 Å². The Labute approximate surface area is 114 Å². The molecule has 2 aromatic rings. The van der Waals surface area contributed by atoms with E-state index in [4.69, 9.17) is 5.84 Å². The van der Waals surface area contributed by atoms with Crippen molar-refractivity contribution in [2.24, 2.45) is 5.84 Å². The summed E-state index contributed by atoms with van der Waals surface area (Å²) < 4.78 is 0. The maximum Gasteiger partial charge on any atom is 0.161 e. The lowest BCUT2D eigenvalue weighted by Crippen LogP contribution is -2.17. The monoisotopic (exact) mass is 256 g/mol. The van der Waals surface area contributed by atoms with Crippen LogP contribution < -0.4 is 11.3 Å². The van der Waals surface area contributed by atoms with Gasteiger partial charge >= 0.3 is 0 Å². The Morgan fingerprint density at radius 1 is 1.11 bits per heavy atom. The van der Waals surface area contributed by atoms with E-state index < -0.39 is 0 Å². The molecule has 4 heteroatoms. The molecule has 0 bridgehead atoms. The van der Waals surface area contributed by atoms with Gasteiger partial charge < -0.3 is 5.43 Å². The van der Waals surface area contributed by atoms with E-state index in [9.17, 15) is 0 Å². The summed E-state index contributed by atoms with van der Waals surface area (Å²) in [5.41, 5.74) is 5.72. The number of hydrogen-bond acceptors (Lipinski definition) is 4. The first kappa shape index (κ1) is 13.5. The van der Waals surface area contributed by atoms with E-state index in [1.54, 1.807) is 0 Å². The second kappa shape index (κ2) is 4.97. The molecule has 1 aromatic heterocycles. The fraction of sp³-hybridized carbons (Fsp3) is 0.333. The van der Waals surface area contributed by atoms with Gasteiger partial charge in [0.15, 0.2) is 5.82 Å². The average molecular weight is 256 g/mol. The number of hydrogen-bond donors (Lipinski definition) is 2. The quantitative estimate of drug-likeness (QED) is 0.640. The topological polar surface area (TPSA) is 63.8 Å². The normalized spacial score (nSPS) is 11.4. The highest BCUT2D eigenvalue weighted by Gasteiger charge is 2.18. The molecule has 0 unspecified atom stereocenters. The predicted octanol–water partition coefficient (Wildman–Crippen LogP) is 3.04. The van der Waals surface area contributed by atoms with Crippen molar-refractivity contribution in [3.8, 4) is 11.4 Å². The highest BCUT2D eigenvalue weighted by Crippen LogP contribution is 2.25. The second-order valence-electron chi connectivity index (χ2n) is 5.73. The van der Waals surface area contributed by atoms with Gasteiger partial charge in [-0.1, -0.05) is 44.5 Å². The van der Waals surface area contributed by atoms with Crippen LogP contribution in [-0.2, 0) is 5.41 Å². The summed E-state index contributed by atoms with van der Waals surface area (Å²) in [5.74, 6) is 6.83. The molecule has 100 valence electrons. The predicted molar refractivity (Wildman–Crippen MR) is 78.7 cm³/mol. The molecule has 1 heterocycles. The number of anilines is 1. The minimum atomic E-state index is -0.0485. The van der Waals surface area contributed by atoms with E-state index in [1.165, 1.54) is 5.56 Å². The van der Waals surface area contributed by atoms with E-state index in [-0.39, 0.29) is 5.41 Å². The number of benzene rings is 1. The Morgan fingerprint density at radius 2 is 1.84 bits per heavy atom. The third kappa shape index (κ3) is 3.09. The molecule has 0 spiro atoms. The molecule has 3 N–H and O–H groups in total. The molecule has 0 radical (unpaired) electrons. The molecular formula is C15H20N4. The van der Waals surface area contributed by atoms with Crippen LogP contribution in [-0.4, -0.2) is 9.97 Å². The number of nitrogen functional groups attached to an aromatic ring is 1. The van der Waals surface area contributed by atoms with Crippen molar-refractivity contribution in [2.75, 3.05) is 5.43 Å². The first-order valence-electron chi connectivity index (χ1n) is 6.33. The minimum Gasteiger partial charge on any atom is -0.308 e. The molecule has 19 heavy (non-hydrogen) atoms. The van der Waals surface area contributed by atoms with Crippen LogP contribution in [0.2, 0.25) is 0 Å². The van der Waals surface area contributed by atoms with Crippen LogP contribution in [0, 0.1) is 6.92 Å². The Morgan fingerprint density at radius 3 is 2.42 bits per heavy atom. The van der Waals surface area contributed by atoms with E-state index in [0.717, 1.165) is 11.3 Å². The molecular weight excluding hydrogens is 236 g/mol. The first-order chi connectivity index (χ1) is 8.90. The van der Waals surface area contributed by atoms with Crippen LogP contribution in [0.1, 0.15) is 32.0 Å². The van der Waals surface area contributed by atoms with Crippen molar-refractivity contribution < 1.29 is 0 Å². The van der Waals surface area contributed by atoms with Gasteiger partial charge in [-0.15, -0.1) is 0 Å². The molecule has 0 saturated carbocycles. The van der Waals surface area contributed by atoms with Crippen LogP contribution in [0.25, 0.3) is 11.4 Å². The zero-order chi connectivity index (χ0) is 14.0. The van der Waals surface area contributed by atoms with Gasteiger partial charge in [-0.2, -0.15) is 0 Å². The molecule has 0 aliphatic rings. The SMILES string of the molecule is Cc1cccc(-c2nc(NN)cc(C(C)(C)C)n2)c1. The van der Waals surface area contributed by atoms with Gasteiger partial charge in [0, 0.05) is 17.0 Å². The molecule has 0 aliphatic carbocycles. The molecule has 0 saturated heterocycles. The number of nitrogens with zero attached hydrogens (tertiary/aromatic N) is 2. The number of aryl methyl sites for hydroxylation is 1. The van der Waals surface area contributed by atoms with E-state index in [0.29, 0.717) is 11.6 Å². The zero-order valence-electron chi connectivity index (χ0n) is 11.9. The third-order valence-electron chi connectivity index (χ3n) is 2.92. The van der Waals surface area contributed by atoms with Crippen molar-refractivity contribution in [1.82, 2.24) is 9.97 Å². The Kier molecular flexibility index (Phi) is 3.53. The van der Waals surface area contributed by atoms with Crippen LogP contribution in [0.15, 0.2) is 30.3 Å². The second-order valence-corrected chi connectivity index (χ2v) is 5.73. The molecule has 0 fully saturated rings. The Bertz CT molecular complexity index is 585. The Balaban J connectivity index is 2.57. The van der Waals surface area contributed by atoms with Crippen LogP contribution in [0.5, 0.6) is 0 Å². The fourth-order valence-electron chi connectivity index (χ4n) is 1.82. The maximum atomic E-state index is 5.50. The van der Waals surface area contributed by atoms with Crippen molar-refractivity contribution >= 4 is 5.82 Å². The third-order valence-corrected chi connectivity index (χ3v) is 2.92. The summed E-state index contributed by atoms with van der Waals surface area (Å²) in [4.78, 5) is 9.09. The lowest BCUT2D eigenvalue weighted by molar-refractivity contribution is 0.568. The van der Waals surface area contributed by atoms with E-state index in [2.05, 4.69) is 55.2 Å². The number of aromatic nitrogens is 2. The maximum absolute atomic E-state index is 5.50. The van der Waals surface area contributed by atoms with E-state index >= 15 is 0 Å².